The third-order valence-electron chi connectivity index (χ3n) is 4.42. The van der Waals surface area contributed by atoms with Crippen LogP contribution in [0.25, 0.3) is 0 Å². The molecular formula is C15H23N7. The maximum absolute atomic E-state index is 4.87. The Hall–Kier alpha value is -2.18. The number of allylic oxidation sites excluding steroid dienone is 1. The predicted octanol–water partition coefficient (Wildman–Crippen LogP) is 0.672. The van der Waals surface area contributed by atoms with Gasteiger partial charge in [0.05, 0.1) is 12.4 Å². The molecule has 0 amide bonds. The van der Waals surface area contributed by atoms with E-state index in [-0.39, 0.29) is 0 Å². The van der Waals surface area contributed by atoms with Gasteiger partial charge in [-0.3, -0.25) is 4.90 Å². The second-order valence-electron chi connectivity index (χ2n) is 6.26. The average Bonchev–Trinajstić information content (AvgIpc) is 3.17. The van der Waals surface area contributed by atoms with Gasteiger partial charge in [-0.1, -0.05) is 0 Å². The maximum Gasteiger partial charge on any atom is 0.212 e. The summed E-state index contributed by atoms with van der Waals surface area (Å²) in [4.78, 5) is 9.41. The summed E-state index contributed by atoms with van der Waals surface area (Å²) in [5.41, 5.74) is 4.25. The van der Waals surface area contributed by atoms with Crippen LogP contribution in [0.2, 0.25) is 0 Å². The Morgan fingerprint density at radius 3 is 2.91 bits per heavy atom. The molecule has 1 unspecified atom stereocenters. The summed E-state index contributed by atoms with van der Waals surface area (Å²) in [6, 6.07) is 0.385. The molecule has 0 aromatic carbocycles. The number of hydrogen-bond donors (Lipinski definition) is 3. The van der Waals surface area contributed by atoms with E-state index in [4.69, 9.17) is 4.99 Å². The van der Waals surface area contributed by atoms with Crippen LogP contribution in [0.3, 0.4) is 0 Å². The van der Waals surface area contributed by atoms with Gasteiger partial charge < -0.3 is 21.0 Å². The van der Waals surface area contributed by atoms with Crippen LogP contribution in [0.15, 0.2) is 33.9 Å². The van der Waals surface area contributed by atoms with Crippen molar-refractivity contribution in [2.75, 3.05) is 19.8 Å². The van der Waals surface area contributed by atoms with Crippen LogP contribution in [0.5, 0.6) is 0 Å². The Balaban J connectivity index is 1.56. The van der Waals surface area contributed by atoms with Crippen molar-refractivity contribution in [2.45, 2.75) is 38.6 Å². The maximum atomic E-state index is 4.87. The molecule has 0 bridgehead atoms. The van der Waals surface area contributed by atoms with Crippen molar-refractivity contribution >= 4 is 11.8 Å². The Labute approximate surface area is 130 Å². The normalized spacial score (nSPS) is 27.2. The van der Waals surface area contributed by atoms with Crippen LogP contribution in [0.1, 0.15) is 32.6 Å². The van der Waals surface area contributed by atoms with E-state index in [2.05, 4.69) is 50.2 Å². The number of guanidine groups is 1. The third-order valence-corrected chi connectivity index (χ3v) is 4.42. The van der Waals surface area contributed by atoms with E-state index in [9.17, 15) is 0 Å². The summed E-state index contributed by atoms with van der Waals surface area (Å²) in [5, 5.41) is 11.0. The van der Waals surface area contributed by atoms with Gasteiger partial charge in [0.15, 0.2) is 0 Å². The van der Waals surface area contributed by atoms with Crippen molar-refractivity contribution in [3.05, 3.63) is 23.8 Å². The number of rotatable bonds is 1. The van der Waals surface area contributed by atoms with Crippen LogP contribution in [0, 0.1) is 0 Å². The predicted molar refractivity (Wildman–Crippen MR) is 86.7 cm³/mol. The van der Waals surface area contributed by atoms with Crippen molar-refractivity contribution in [3.8, 4) is 0 Å². The first-order valence-corrected chi connectivity index (χ1v) is 8.15. The molecule has 7 nitrogen and oxygen atoms in total. The Morgan fingerprint density at radius 2 is 2.14 bits per heavy atom. The third kappa shape index (κ3) is 2.51. The molecule has 3 N–H and O–H groups in total. The van der Waals surface area contributed by atoms with Crippen LogP contribution < -0.4 is 16.1 Å². The summed E-state index contributed by atoms with van der Waals surface area (Å²) in [5.74, 6) is 2.89. The van der Waals surface area contributed by atoms with Crippen LogP contribution >= 0.6 is 0 Å². The van der Waals surface area contributed by atoms with E-state index < -0.39 is 0 Å². The Morgan fingerprint density at radius 1 is 1.27 bits per heavy atom. The molecule has 0 aliphatic carbocycles. The zero-order chi connectivity index (χ0) is 14.9. The fourth-order valence-electron chi connectivity index (χ4n) is 3.22. The molecule has 4 aliphatic heterocycles. The lowest BCUT2D eigenvalue weighted by Gasteiger charge is -2.33. The summed E-state index contributed by atoms with van der Waals surface area (Å²) in [6.45, 7) is 5.08. The number of likely N-dealkylation sites (tertiary alicyclic amines) is 1. The van der Waals surface area contributed by atoms with E-state index >= 15 is 0 Å². The van der Waals surface area contributed by atoms with Gasteiger partial charge >= 0.3 is 0 Å². The second kappa shape index (κ2) is 5.55. The van der Waals surface area contributed by atoms with Gasteiger partial charge in [-0.15, -0.1) is 0 Å². The molecule has 4 aliphatic rings. The number of hydrogen-bond acceptors (Lipinski definition) is 7. The molecule has 7 heteroatoms. The molecule has 0 saturated carbocycles. The minimum absolute atomic E-state index is 0.385. The Kier molecular flexibility index (Phi) is 3.40. The van der Waals surface area contributed by atoms with Crippen molar-refractivity contribution in [2.24, 2.45) is 10.1 Å². The Bertz CT molecular complexity index is 568. The molecule has 22 heavy (non-hydrogen) atoms. The van der Waals surface area contributed by atoms with Crippen molar-refractivity contribution in [1.82, 2.24) is 25.9 Å². The van der Waals surface area contributed by atoms with Gasteiger partial charge in [-0.25, -0.2) is 0 Å². The fraction of sp³-hybridized carbons (Fsp3) is 0.600. The monoisotopic (exact) mass is 301 g/mol. The molecule has 1 saturated heterocycles. The van der Waals surface area contributed by atoms with Crippen molar-refractivity contribution in [3.63, 3.8) is 0 Å². The molecule has 118 valence electrons. The van der Waals surface area contributed by atoms with Gasteiger partial charge in [0.2, 0.25) is 5.96 Å². The minimum atomic E-state index is 0.385. The molecule has 1 atom stereocenters. The van der Waals surface area contributed by atoms with Crippen LogP contribution in [-0.2, 0) is 0 Å². The van der Waals surface area contributed by atoms with Crippen molar-refractivity contribution in [1.29, 1.82) is 0 Å². The van der Waals surface area contributed by atoms with E-state index in [0.717, 1.165) is 49.5 Å². The number of piperidine rings is 1. The summed E-state index contributed by atoms with van der Waals surface area (Å²) < 4.78 is 0. The fourth-order valence-corrected chi connectivity index (χ4v) is 3.22. The molecule has 4 heterocycles. The first-order chi connectivity index (χ1) is 10.8. The second-order valence-corrected chi connectivity index (χ2v) is 6.26. The zero-order valence-corrected chi connectivity index (χ0v) is 13.0. The first-order valence-electron chi connectivity index (χ1n) is 8.15. The smallest absolute Gasteiger partial charge is 0.212 e. The van der Waals surface area contributed by atoms with Crippen LogP contribution in [0.4, 0.5) is 0 Å². The highest BCUT2D eigenvalue weighted by Crippen LogP contribution is 2.24. The standard InChI is InChI=1S/C15H23N7/c1-11-7-13(20-19-11)17-15-18-14(21-5-3-2-4-6-21)8-12-9-16-10-22(12)15/h8-9,11,16,19H,2-7,10H2,1H3,(H,17,18,20). The highest BCUT2D eigenvalue weighted by molar-refractivity contribution is 6.02. The first kappa shape index (κ1) is 13.5. The van der Waals surface area contributed by atoms with E-state index in [1.165, 1.54) is 19.3 Å². The van der Waals surface area contributed by atoms with E-state index in [1.54, 1.807) is 0 Å². The largest absolute Gasteiger partial charge is 0.372 e. The summed E-state index contributed by atoms with van der Waals surface area (Å²) in [7, 11) is 0. The quantitative estimate of drug-likeness (QED) is 0.664. The lowest BCUT2D eigenvalue weighted by atomic mass is 10.1. The van der Waals surface area contributed by atoms with Gasteiger partial charge in [-0.05, 0) is 26.2 Å². The minimum Gasteiger partial charge on any atom is -0.372 e. The number of nitrogens with zero attached hydrogens (tertiary/aromatic N) is 4. The lowest BCUT2D eigenvalue weighted by Crippen LogP contribution is -2.45. The van der Waals surface area contributed by atoms with E-state index in [1.807, 2.05) is 0 Å². The van der Waals surface area contributed by atoms with Gasteiger partial charge in [0.1, 0.15) is 11.7 Å². The van der Waals surface area contributed by atoms with Crippen molar-refractivity contribution < 1.29 is 0 Å². The number of nitrogens with one attached hydrogen (secondary N) is 3. The van der Waals surface area contributed by atoms with Gasteiger partial charge in [0.25, 0.3) is 0 Å². The topological polar surface area (TPSA) is 67.3 Å². The number of hydrazone groups is 1. The molecule has 4 rings (SSSR count). The molecule has 0 aromatic rings. The number of fused-ring (bicyclic) bond motifs is 1. The zero-order valence-electron chi connectivity index (χ0n) is 13.0. The SMILES string of the molecule is CC1CC(NC2=NC(N3CCCCC3)=CC3=CNCN32)=NN1. The summed E-state index contributed by atoms with van der Waals surface area (Å²) >= 11 is 0. The van der Waals surface area contributed by atoms with E-state index in [0.29, 0.717) is 6.04 Å². The number of aliphatic imine (C=N–C) groups is 1. The summed E-state index contributed by atoms with van der Waals surface area (Å²) in [6.07, 6.45) is 8.97. The highest BCUT2D eigenvalue weighted by atomic mass is 15.4. The molecule has 0 spiro atoms. The molecular weight excluding hydrogens is 278 g/mol. The molecule has 0 aromatic heterocycles. The van der Waals surface area contributed by atoms with Gasteiger partial charge in [0, 0.05) is 37.8 Å². The molecule has 0 radical (unpaired) electrons. The molecule has 1 fully saturated rings. The lowest BCUT2D eigenvalue weighted by molar-refractivity contribution is 0.280. The number of amidine groups is 1. The highest BCUT2D eigenvalue weighted by Gasteiger charge is 2.28. The van der Waals surface area contributed by atoms with Gasteiger partial charge in [-0.2, -0.15) is 10.1 Å². The average molecular weight is 301 g/mol. The van der Waals surface area contributed by atoms with Crippen LogP contribution in [-0.4, -0.2) is 47.4 Å².